The Balaban J connectivity index is 0.00000241. The maximum atomic E-state index is 12.4. The number of pyridine rings is 2. The monoisotopic (exact) mass is 593 g/mol. The Hall–Kier alpha value is -2.63. The van der Waals surface area contributed by atoms with Gasteiger partial charge in [-0.15, -0.1) is 0 Å². The van der Waals surface area contributed by atoms with Crippen LogP contribution in [-0.2, 0) is 28.3 Å². The zero-order chi connectivity index (χ0) is 24.3. The number of hydrogen-bond acceptors (Lipinski definition) is 6. The van der Waals surface area contributed by atoms with Crippen molar-refractivity contribution >= 4 is 29.8 Å². The molecule has 10 nitrogen and oxygen atoms in total. The molecule has 2 fully saturated rings. The molecule has 3 atom stereocenters. The first-order valence-electron chi connectivity index (χ1n) is 12.4. The SMILES string of the molecule is O.O.O=C(CCCC[C@@H]1SC[C@@H]2NC(=O)N[C@@H]21)NCCN(/C=C\c1ccccn1)CCc1ccccn1.[Cu+]. The van der Waals surface area contributed by atoms with Crippen LogP contribution < -0.4 is 16.0 Å². The molecule has 2 aliphatic rings. The average Bonchev–Trinajstić information content (AvgIpc) is 3.43. The van der Waals surface area contributed by atoms with E-state index in [0.29, 0.717) is 18.2 Å². The van der Waals surface area contributed by atoms with Crippen molar-refractivity contribution in [1.82, 2.24) is 30.8 Å². The van der Waals surface area contributed by atoms with E-state index in [1.807, 2.05) is 66.6 Å². The molecule has 4 rings (SSSR count). The first kappa shape index (κ1) is 33.4. The van der Waals surface area contributed by atoms with Crippen LogP contribution in [-0.4, -0.2) is 80.5 Å². The third-order valence-electron chi connectivity index (χ3n) is 6.33. The molecule has 7 N–H and O–H groups in total. The number of fused-ring (bicyclic) bond motifs is 1. The molecule has 2 saturated heterocycles. The van der Waals surface area contributed by atoms with Gasteiger partial charge >= 0.3 is 23.1 Å². The van der Waals surface area contributed by atoms with E-state index in [0.717, 1.165) is 55.9 Å². The number of carbonyl (C=O) groups is 2. The number of rotatable bonds is 13. The fraction of sp³-hybridized carbons (Fsp3) is 0.462. The van der Waals surface area contributed by atoms with Gasteiger partial charge in [-0.3, -0.25) is 14.8 Å². The standard InChI is InChI=1S/C26H34N6O2S.Cu.2H2O/c33-24(10-2-1-9-23-25-22(19-35-23)30-26(34)31-25)29-15-18-32(16-11-20-7-3-5-13-27-20)17-12-21-8-4-6-14-28-21;;;/h3-8,11,13-14,16,22-23,25H,1-2,9-10,12,15,17-19H2,(H,29,33)(H2,30,31,34);;2*1H2/q;+1;;/b16-11-;;;/t22-,23-,25-;;;/m0.../s1. The number of aromatic nitrogens is 2. The number of carbonyl (C=O) groups excluding carboxylic acids is 2. The van der Waals surface area contributed by atoms with Crippen LogP contribution in [0.25, 0.3) is 6.08 Å². The molecule has 0 spiro atoms. The van der Waals surface area contributed by atoms with E-state index in [-0.39, 0.29) is 52.0 Å². The molecule has 2 aromatic rings. The predicted molar refractivity (Wildman–Crippen MR) is 147 cm³/mol. The Morgan fingerprint density at radius 2 is 1.87 bits per heavy atom. The predicted octanol–water partition coefficient (Wildman–Crippen LogP) is 1.18. The molecule has 3 amide bonds. The van der Waals surface area contributed by atoms with Crippen molar-refractivity contribution in [2.75, 3.05) is 25.4 Å². The molecule has 2 aromatic heterocycles. The summed E-state index contributed by atoms with van der Waals surface area (Å²) in [5.41, 5.74) is 1.95. The summed E-state index contributed by atoms with van der Waals surface area (Å²) in [6.07, 6.45) is 11.9. The zero-order valence-corrected chi connectivity index (χ0v) is 23.0. The molecule has 0 aromatic carbocycles. The number of unbranched alkanes of at least 4 members (excludes halogenated alkanes) is 1. The van der Waals surface area contributed by atoms with Crippen molar-refractivity contribution in [2.45, 2.75) is 49.4 Å². The van der Waals surface area contributed by atoms with Gasteiger partial charge < -0.3 is 31.8 Å². The fourth-order valence-corrected chi connectivity index (χ4v) is 5.97. The summed E-state index contributed by atoms with van der Waals surface area (Å²) >= 11 is 1.92. The Labute approximate surface area is 238 Å². The van der Waals surface area contributed by atoms with Gasteiger partial charge in [0.15, 0.2) is 0 Å². The van der Waals surface area contributed by atoms with E-state index >= 15 is 0 Å². The van der Waals surface area contributed by atoms with Crippen molar-refractivity contribution in [1.29, 1.82) is 0 Å². The summed E-state index contributed by atoms with van der Waals surface area (Å²) in [6.45, 7) is 2.12. The summed E-state index contributed by atoms with van der Waals surface area (Å²) < 4.78 is 0. The molecular formula is C26H38CuN6O4S+. The third-order valence-corrected chi connectivity index (χ3v) is 7.84. The zero-order valence-electron chi connectivity index (χ0n) is 21.2. The number of amides is 3. The molecule has 212 valence electrons. The maximum absolute atomic E-state index is 12.4. The summed E-state index contributed by atoms with van der Waals surface area (Å²) in [5, 5.41) is 9.51. The number of nitrogens with zero attached hydrogens (tertiary/aromatic N) is 3. The molecule has 12 heteroatoms. The quantitative estimate of drug-likeness (QED) is 0.179. The van der Waals surface area contributed by atoms with E-state index in [4.69, 9.17) is 0 Å². The molecule has 0 unspecified atom stereocenters. The summed E-state index contributed by atoms with van der Waals surface area (Å²) in [7, 11) is 0. The summed E-state index contributed by atoms with van der Waals surface area (Å²) in [4.78, 5) is 34.8. The van der Waals surface area contributed by atoms with Crippen molar-refractivity contribution in [3.63, 3.8) is 0 Å². The Bertz CT molecular complexity index is 988. The van der Waals surface area contributed by atoms with E-state index in [9.17, 15) is 9.59 Å². The minimum absolute atomic E-state index is 0. The van der Waals surface area contributed by atoms with Crippen LogP contribution in [0.15, 0.2) is 55.0 Å². The van der Waals surface area contributed by atoms with Gasteiger partial charge in [-0.2, -0.15) is 11.8 Å². The van der Waals surface area contributed by atoms with Crippen LogP contribution >= 0.6 is 11.8 Å². The van der Waals surface area contributed by atoms with Crippen LogP contribution in [0.5, 0.6) is 0 Å². The van der Waals surface area contributed by atoms with E-state index in [1.165, 1.54) is 0 Å². The van der Waals surface area contributed by atoms with Gasteiger partial charge in [0.1, 0.15) is 0 Å². The van der Waals surface area contributed by atoms with Gasteiger partial charge in [0.05, 0.1) is 17.8 Å². The van der Waals surface area contributed by atoms with Crippen LogP contribution in [0.1, 0.15) is 37.1 Å². The minimum Gasteiger partial charge on any atom is -0.412 e. The van der Waals surface area contributed by atoms with Gasteiger partial charge in [-0.05, 0) is 43.2 Å². The van der Waals surface area contributed by atoms with Crippen molar-refractivity contribution in [3.8, 4) is 0 Å². The number of nitrogens with one attached hydrogen (secondary N) is 3. The van der Waals surface area contributed by atoms with E-state index < -0.39 is 0 Å². The molecule has 4 heterocycles. The number of hydrogen-bond donors (Lipinski definition) is 3. The smallest absolute Gasteiger partial charge is 0.412 e. The first-order valence-corrected chi connectivity index (χ1v) is 13.4. The fourth-order valence-electron chi connectivity index (χ4n) is 4.42. The second kappa shape index (κ2) is 17.8. The van der Waals surface area contributed by atoms with Crippen LogP contribution in [0.2, 0.25) is 0 Å². The topological polar surface area (TPSA) is 162 Å². The van der Waals surface area contributed by atoms with E-state index in [2.05, 4.69) is 30.8 Å². The second-order valence-electron chi connectivity index (χ2n) is 8.89. The Morgan fingerprint density at radius 3 is 2.61 bits per heavy atom. The van der Waals surface area contributed by atoms with Gasteiger partial charge in [0, 0.05) is 67.8 Å². The molecule has 0 radical (unpaired) electrons. The van der Waals surface area contributed by atoms with Gasteiger partial charge in [-0.1, -0.05) is 18.6 Å². The van der Waals surface area contributed by atoms with Gasteiger partial charge in [0.25, 0.3) is 0 Å². The average molecular weight is 594 g/mol. The van der Waals surface area contributed by atoms with Gasteiger partial charge in [0.2, 0.25) is 5.91 Å². The van der Waals surface area contributed by atoms with Crippen molar-refractivity contribution in [2.24, 2.45) is 0 Å². The van der Waals surface area contributed by atoms with Crippen LogP contribution in [0.3, 0.4) is 0 Å². The third kappa shape index (κ3) is 10.6. The van der Waals surface area contributed by atoms with Crippen LogP contribution in [0.4, 0.5) is 4.79 Å². The molecule has 0 bridgehead atoms. The van der Waals surface area contributed by atoms with E-state index in [1.54, 1.807) is 6.20 Å². The van der Waals surface area contributed by atoms with Gasteiger partial charge in [-0.25, -0.2) is 4.79 Å². The molecular weight excluding hydrogens is 556 g/mol. The number of urea groups is 1. The number of thioether (sulfide) groups is 1. The minimum atomic E-state index is -0.0476. The molecule has 0 aliphatic carbocycles. The van der Waals surface area contributed by atoms with Crippen LogP contribution in [0, 0.1) is 0 Å². The Kier molecular flexibility index (Phi) is 15.6. The Morgan fingerprint density at radius 1 is 1.08 bits per heavy atom. The molecule has 0 saturated carbocycles. The maximum Gasteiger partial charge on any atom is 1.00 e. The normalized spacial score (nSPS) is 19.3. The molecule has 2 aliphatic heterocycles. The van der Waals surface area contributed by atoms with Crippen molar-refractivity contribution in [3.05, 3.63) is 66.4 Å². The van der Waals surface area contributed by atoms with Crippen molar-refractivity contribution < 1.29 is 37.6 Å². The second-order valence-corrected chi connectivity index (χ2v) is 10.2. The summed E-state index contributed by atoms with van der Waals surface area (Å²) in [6, 6.07) is 12.2. The largest absolute Gasteiger partial charge is 1.00 e. The summed E-state index contributed by atoms with van der Waals surface area (Å²) in [5.74, 6) is 1.07. The molecule has 38 heavy (non-hydrogen) atoms. The first-order chi connectivity index (χ1) is 17.2.